The van der Waals surface area contributed by atoms with Crippen LogP contribution in [0.1, 0.15) is 31.0 Å². The lowest BCUT2D eigenvalue weighted by Gasteiger charge is -2.40. The van der Waals surface area contributed by atoms with E-state index in [0.29, 0.717) is 16.9 Å². The van der Waals surface area contributed by atoms with Crippen molar-refractivity contribution in [2.45, 2.75) is 31.6 Å². The Morgan fingerprint density at radius 3 is 2.59 bits per heavy atom. The summed E-state index contributed by atoms with van der Waals surface area (Å²) in [5.74, 6) is 0.743. The Balaban J connectivity index is 2.05. The molecule has 7 nitrogen and oxygen atoms in total. The molecule has 0 aliphatic carbocycles. The normalized spacial score (nSPS) is 20.4. The van der Waals surface area contributed by atoms with Gasteiger partial charge in [-0.3, -0.25) is 5.32 Å². The molecule has 136 valence electrons. The highest BCUT2D eigenvalue weighted by Gasteiger charge is 2.43. The molecular formula is C20H19N5O2. The van der Waals surface area contributed by atoms with E-state index in [2.05, 4.69) is 21.7 Å². The number of hydrogen-bond acceptors (Lipinski definition) is 5. The molecule has 0 fully saturated rings. The van der Waals surface area contributed by atoms with Gasteiger partial charge in [-0.25, -0.2) is 4.99 Å². The third kappa shape index (κ3) is 3.84. The van der Waals surface area contributed by atoms with Gasteiger partial charge < -0.3 is 15.2 Å². The minimum atomic E-state index is -0.980. The van der Waals surface area contributed by atoms with Crippen LogP contribution in [0.2, 0.25) is 0 Å². The number of benzene rings is 2. The molecule has 2 atom stereocenters. The molecule has 0 saturated carbocycles. The van der Waals surface area contributed by atoms with Crippen LogP contribution in [0.3, 0.4) is 0 Å². The number of nitrogens with zero attached hydrogens (tertiary/aromatic N) is 3. The molecule has 27 heavy (non-hydrogen) atoms. The molecule has 0 spiro atoms. The van der Waals surface area contributed by atoms with E-state index < -0.39 is 17.7 Å². The molecule has 1 aliphatic heterocycles. The van der Waals surface area contributed by atoms with Gasteiger partial charge in [0.1, 0.15) is 23.5 Å². The first-order valence-electron chi connectivity index (χ1n) is 8.40. The van der Waals surface area contributed by atoms with Crippen molar-refractivity contribution in [1.29, 1.82) is 10.5 Å². The van der Waals surface area contributed by atoms with Crippen LogP contribution < -0.4 is 15.4 Å². The number of nitriles is 2. The van der Waals surface area contributed by atoms with Crippen LogP contribution in [-0.2, 0) is 0 Å². The summed E-state index contributed by atoms with van der Waals surface area (Å²) in [6.45, 7) is 3.53. The van der Waals surface area contributed by atoms with E-state index in [1.54, 1.807) is 32.0 Å². The maximum absolute atomic E-state index is 10.8. The average molecular weight is 361 g/mol. The van der Waals surface area contributed by atoms with Crippen LogP contribution in [0.5, 0.6) is 5.75 Å². The zero-order valence-electron chi connectivity index (χ0n) is 15.0. The first kappa shape index (κ1) is 18.2. The molecule has 0 saturated heterocycles. The standard InChI is InChI=1S/C20H19N5O2/c1-20(2)18(26)17(15-10-13(11-21)8-9-16(15)27-20)25-19(23-12-22)24-14-6-4-3-5-7-14/h3-10,17-18,26H,1-2H3,(H2,23,24,25)/t17-,18+/m1/s1. The van der Waals surface area contributed by atoms with Gasteiger partial charge >= 0.3 is 0 Å². The minimum absolute atomic E-state index is 0.193. The third-order valence-corrected chi connectivity index (χ3v) is 4.32. The van der Waals surface area contributed by atoms with Gasteiger partial charge in [0.05, 0.1) is 11.6 Å². The summed E-state index contributed by atoms with van der Waals surface area (Å²) >= 11 is 0. The summed E-state index contributed by atoms with van der Waals surface area (Å²) in [6.07, 6.45) is 0.872. The van der Waals surface area contributed by atoms with Crippen LogP contribution in [0.25, 0.3) is 0 Å². The molecule has 0 amide bonds. The first-order chi connectivity index (χ1) is 12.9. The van der Waals surface area contributed by atoms with Gasteiger partial charge in [0.15, 0.2) is 6.19 Å². The smallest absolute Gasteiger partial charge is 0.209 e. The number of aliphatic imine (C=N–C) groups is 1. The molecule has 0 radical (unpaired) electrons. The first-order valence-corrected chi connectivity index (χ1v) is 8.40. The molecule has 2 aromatic carbocycles. The number of nitrogens with one attached hydrogen (secondary N) is 2. The lowest BCUT2D eigenvalue weighted by Crippen LogP contribution is -2.49. The molecule has 3 N–H and O–H groups in total. The monoisotopic (exact) mass is 361 g/mol. The van der Waals surface area contributed by atoms with E-state index >= 15 is 0 Å². The van der Waals surface area contributed by atoms with Crippen LogP contribution >= 0.6 is 0 Å². The number of hydrogen-bond donors (Lipinski definition) is 3. The van der Waals surface area contributed by atoms with Crippen molar-refractivity contribution in [2.24, 2.45) is 4.99 Å². The Hall–Kier alpha value is -3.55. The van der Waals surface area contributed by atoms with Crippen molar-refractivity contribution in [1.82, 2.24) is 5.32 Å². The van der Waals surface area contributed by atoms with Crippen molar-refractivity contribution in [3.63, 3.8) is 0 Å². The van der Waals surface area contributed by atoms with Crippen LogP contribution in [0.4, 0.5) is 5.69 Å². The maximum Gasteiger partial charge on any atom is 0.209 e. The molecule has 2 aromatic rings. The zero-order valence-corrected chi connectivity index (χ0v) is 15.0. The molecule has 1 aliphatic rings. The van der Waals surface area contributed by atoms with Crippen molar-refractivity contribution >= 4 is 11.6 Å². The van der Waals surface area contributed by atoms with E-state index in [4.69, 9.17) is 10.00 Å². The number of rotatable bonds is 2. The number of anilines is 1. The molecule has 1 heterocycles. The quantitative estimate of drug-likeness (QED) is 0.328. The van der Waals surface area contributed by atoms with Gasteiger partial charge in [-0.2, -0.15) is 10.5 Å². The van der Waals surface area contributed by atoms with Gasteiger partial charge in [0.2, 0.25) is 5.96 Å². The van der Waals surface area contributed by atoms with Crippen LogP contribution in [-0.4, -0.2) is 22.8 Å². The summed E-state index contributed by atoms with van der Waals surface area (Å²) in [4.78, 5) is 4.55. The van der Waals surface area contributed by atoms with Gasteiger partial charge in [-0.05, 0) is 44.2 Å². The van der Waals surface area contributed by atoms with E-state index in [9.17, 15) is 10.4 Å². The van der Waals surface area contributed by atoms with Crippen molar-refractivity contribution in [3.8, 4) is 18.0 Å². The minimum Gasteiger partial charge on any atom is -0.485 e. The lowest BCUT2D eigenvalue weighted by molar-refractivity contribution is -0.0567. The number of aliphatic hydroxyl groups excluding tert-OH is 1. The fourth-order valence-electron chi connectivity index (χ4n) is 2.92. The molecule has 7 heteroatoms. The molecule has 0 unspecified atom stereocenters. The highest BCUT2D eigenvalue weighted by atomic mass is 16.5. The average Bonchev–Trinajstić information content (AvgIpc) is 2.66. The van der Waals surface area contributed by atoms with Gasteiger partial charge in [0, 0.05) is 11.3 Å². The van der Waals surface area contributed by atoms with E-state index in [-0.39, 0.29) is 5.96 Å². The van der Waals surface area contributed by atoms with Crippen molar-refractivity contribution in [2.75, 3.05) is 5.32 Å². The predicted molar refractivity (Wildman–Crippen MR) is 101 cm³/mol. The van der Waals surface area contributed by atoms with E-state index in [1.807, 2.05) is 36.5 Å². The second-order valence-corrected chi connectivity index (χ2v) is 6.67. The summed E-state index contributed by atoms with van der Waals surface area (Å²) in [5.41, 5.74) is 0.883. The van der Waals surface area contributed by atoms with E-state index in [0.717, 1.165) is 5.69 Å². The molecule has 0 aromatic heterocycles. The number of guanidine groups is 1. The highest BCUT2D eigenvalue weighted by molar-refractivity contribution is 5.94. The second kappa shape index (κ2) is 7.36. The number of aliphatic hydroxyl groups is 1. The highest BCUT2D eigenvalue weighted by Crippen LogP contribution is 2.42. The predicted octanol–water partition coefficient (Wildman–Crippen LogP) is 2.67. The Morgan fingerprint density at radius 2 is 1.93 bits per heavy atom. The second-order valence-electron chi connectivity index (χ2n) is 6.67. The van der Waals surface area contributed by atoms with Gasteiger partial charge in [-0.1, -0.05) is 18.2 Å². The Kier molecular flexibility index (Phi) is 4.98. The SMILES string of the molecule is CC1(C)Oc2ccc(C#N)cc2[C@@H](N=C(NC#N)Nc2ccccc2)[C@@H]1O. The number of ether oxygens (including phenoxy) is 1. The van der Waals surface area contributed by atoms with Gasteiger partial charge in [0.25, 0.3) is 0 Å². The third-order valence-electron chi connectivity index (χ3n) is 4.32. The van der Waals surface area contributed by atoms with Gasteiger partial charge in [-0.15, -0.1) is 0 Å². The zero-order chi connectivity index (χ0) is 19.4. The Bertz CT molecular complexity index is 941. The summed E-state index contributed by atoms with van der Waals surface area (Å²) in [6, 6.07) is 15.6. The fraction of sp³-hybridized carbons (Fsp3) is 0.250. The summed E-state index contributed by atoms with van der Waals surface area (Å²) < 4.78 is 5.89. The maximum atomic E-state index is 10.8. The summed E-state index contributed by atoms with van der Waals surface area (Å²) in [5, 5.41) is 34.7. The van der Waals surface area contributed by atoms with Crippen molar-refractivity contribution < 1.29 is 9.84 Å². The van der Waals surface area contributed by atoms with E-state index in [1.165, 1.54) is 0 Å². The lowest BCUT2D eigenvalue weighted by atomic mass is 9.86. The molecule has 0 bridgehead atoms. The Labute approximate surface area is 157 Å². The molecule has 3 rings (SSSR count). The summed E-state index contributed by atoms with van der Waals surface area (Å²) in [7, 11) is 0. The fourth-order valence-corrected chi connectivity index (χ4v) is 2.92. The number of fused-ring (bicyclic) bond motifs is 1. The number of para-hydroxylation sites is 1. The molecular weight excluding hydrogens is 342 g/mol. The van der Waals surface area contributed by atoms with Crippen molar-refractivity contribution in [3.05, 3.63) is 59.7 Å². The van der Waals surface area contributed by atoms with Crippen LogP contribution in [0.15, 0.2) is 53.5 Å². The topological polar surface area (TPSA) is 113 Å². The van der Waals surface area contributed by atoms with Crippen LogP contribution in [0, 0.1) is 22.8 Å². The largest absolute Gasteiger partial charge is 0.485 e. The Morgan fingerprint density at radius 1 is 1.19 bits per heavy atom.